The highest BCUT2D eigenvalue weighted by molar-refractivity contribution is 5.84. The molecule has 0 bridgehead atoms. The van der Waals surface area contributed by atoms with Crippen molar-refractivity contribution in [3.8, 4) is 0 Å². The normalized spacial score (nSPS) is 24.4. The van der Waals surface area contributed by atoms with E-state index in [4.69, 9.17) is 9.84 Å². The van der Waals surface area contributed by atoms with E-state index in [0.717, 1.165) is 19.6 Å². The first-order valence-electron chi connectivity index (χ1n) is 6.93. The second-order valence-corrected chi connectivity index (χ2v) is 5.68. The molecule has 1 heterocycles. The van der Waals surface area contributed by atoms with Crippen LogP contribution in [-0.4, -0.2) is 51.4 Å². The summed E-state index contributed by atoms with van der Waals surface area (Å²) < 4.78 is 7.23. The molecule has 20 heavy (non-hydrogen) atoms. The maximum atomic E-state index is 10.7. The maximum absolute atomic E-state index is 10.7. The molecule has 1 aliphatic carbocycles. The molecule has 1 fully saturated rings. The van der Waals surface area contributed by atoms with Crippen molar-refractivity contribution in [2.45, 2.75) is 45.9 Å². The molecule has 1 aliphatic rings. The molecule has 2 N–H and O–H groups in total. The molecular formula is C13H22N4O3. The van der Waals surface area contributed by atoms with Crippen LogP contribution in [0.25, 0.3) is 0 Å². The average Bonchev–Trinajstić information content (AvgIpc) is 2.86. The second-order valence-electron chi connectivity index (χ2n) is 5.68. The molecule has 1 saturated carbocycles. The van der Waals surface area contributed by atoms with Gasteiger partial charge in [-0.1, -0.05) is 19.1 Å². The Hall–Kier alpha value is -1.47. The average molecular weight is 282 g/mol. The minimum atomic E-state index is -1.05. The lowest BCUT2D eigenvalue weighted by Crippen LogP contribution is -2.61. The van der Waals surface area contributed by atoms with Gasteiger partial charge in [0, 0.05) is 24.6 Å². The van der Waals surface area contributed by atoms with Crippen LogP contribution in [-0.2, 0) is 11.3 Å². The zero-order chi connectivity index (χ0) is 14.8. The first kappa shape index (κ1) is 14.9. The number of hydrogen-bond acceptors (Lipinski definition) is 5. The third-order valence-electron chi connectivity index (χ3n) is 4.03. The summed E-state index contributed by atoms with van der Waals surface area (Å²) in [5.41, 5.74) is 0.107. The Balaban J connectivity index is 1.75. The predicted molar refractivity (Wildman–Crippen MR) is 72.6 cm³/mol. The molecule has 2 atom stereocenters. The van der Waals surface area contributed by atoms with Gasteiger partial charge in [-0.15, -0.1) is 5.10 Å². The highest BCUT2D eigenvalue weighted by Crippen LogP contribution is 2.42. The fraction of sp³-hybridized carbons (Fsp3) is 0.769. The molecule has 0 saturated heterocycles. The van der Waals surface area contributed by atoms with Crippen molar-refractivity contribution >= 4 is 5.97 Å². The molecule has 2 unspecified atom stereocenters. The van der Waals surface area contributed by atoms with Crippen LogP contribution in [0.15, 0.2) is 6.20 Å². The highest BCUT2D eigenvalue weighted by atomic mass is 16.5. The Kier molecular flexibility index (Phi) is 4.39. The van der Waals surface area contributed by atoms with Gasteiger partial charge in [0.15, 0.2) is 5.69 Å². The van der Waals surface area contributed by atoms with Crippen molar-refractivity contribution in [3.63, 3.8) is 0 Å². The van der Waals surface area contributed by atoms with E-state index in [1.54, 1.807) is 4.68 Å². The number of nitrogens with zero attached hydrogens (tertiary/aromatic N) is 3. The molecular weight excluding hydrogens is 260 g/mol. The van der Waals surface area contributed by atoms with Crippen LogP contribution < -0.4 is 5.32 Å². The van der Waals surface area contributed by atoms with Crippen molar-refractivity contribution in [2.75, 3.05) is 13.2 Å². The van der Waals surface area contributed by atoms with E-state index in [2.05, 4.69) is 29.5 Å². The molecule has 0 aliphatic heterocycles. The minimum absolute atomic E-state index is 0.0228. The van der Waals surface area contributed by atoms with Gasteiger partial charge in [0.25, 0.3) is 0 Å². The van der Waals surface area contributed by atoms with Crippen LogP contribution in [0, 0.1) is 5.41 Å². The van der Waals surface area contributed by atoms with Crippen LogP contribution in [0.4, 0.5) is 0 Å². The monoisotopic (exact) mass is 282 g/mol. The molecule has 1 aromatic rings. The van der Waals surface area contributed by atoms with Crippen molar-refractivity contribution in [3.05, 3.63) is 11.9 Å². The number of carbonyl (C=O) groups is 1. The van der Waals surface area contributed by atoms with E-state index in [1.807, 2.05) is 6.92 Å². The lowest BCUT2D eigenvalue weighted by molar-refractivity contribution is -0.114. The van der Waals surface area contributed by atoms with Crippen LogP contribution in [0.3, 0.4) is 0 Å². The number of aromatic carboxylic acids is 1. The fourth-order valence-corrected chi connectivity index (χ4v) is 2.57. The van der Waals surface area contributed by atoms with E-state index in [0.29, 0.717) is 18.7 Å². The lowest BCUT2D eigenvalue weighted by Gasteiger charge is -2.52. The molecule has 112 valence electrons. The number of aromatic nitrogens is 3. The van der Waals surface area contributed by atoms with Gasteiger partial charge in [-0.3, -0.25) is 4.68 Å². The summed E-state index contributed by atoms with van der Waals surface area (Å²) in [6, 6.07) is 0.418. The van der Waals surface area contributed by atoms with Crippen molar-refractivity contribution in [2.24, 2.45) is 5.41 Å². The molecule has 2 rings (SSSR count). The summed E-state index contributed by atoms with van der Waals surface area (Å²) in [7, 11) is 0. The molecule has 1 aromatic heterocycles. The molecule has 0 aromatic carbocycles. The third kappa shape index (κ3) is 2.99. The Bertz CT molecular complexity index is 472. The lowest BCUT2D eigenvalue weighted by atomic mass is 9.64. The summed E-state index contributed by atoms with van der Waals surface area (Å²) in [5, 5.41) is 19.6. The van der Waals surface area contributed by atoms with Gasteiger partial charge in [0.05, 0.1) is 18.8 Å². The summed E-state index contributed by atoms with van der Waals surface area (Å²) in [6.07, 6.45) is 2.77. The Morgan fingerprint density at radius 3 is 2.95 bits per heavy atom. The summed E-state index contributed by atoms with van der Waals surface area (Å²) >= 11 is 0. The van der Waals surface area contributed by atoms with Gasteiger partial charge >= 0.3 is 5.97 Å². The maximum Gasteiger partial charge on any atom is 0.358 e. The number of carboxylic acids is 1. The zero-order valence-corrected chi connectivity index (χ0v) is 12.2. The second kappa shape index (κ2) is 5.88. The van der Waals surface area contributed by atoms with Crippen LogP contribution >= 0.6 is 0 Å². The van der Waals surface area contributed by atoms with Gasteiger partial charge in [0.1, 0.15) is 0 Å². The molecule has 7 heteroatoms. The van der Waals surface area contributed by atoms with E-state index in [-0.39, 0.29) is 11.1 Å². The zero-order valence-electron chi connectivity index (χ0n) is 12.2. The topological polar surface area (TPSA) is 89.3 Å². The highest BCUT2D eigenvalue weighted by Gasteiger charge is 2.48. The van der Waals surface area contributed by atoms with E-state index in [1.165, 1.54) is 6.20 Å². The summed E-state index contributed by atoms with van der Waals surface area (Å²) in [4.78, 5) is 10.7. The Morgan fingerprint density at radius 1 is 1.65 bits per heavy atom. The van der Waals surface area contributed by atoms with Gasteiger partial charge in [-0.25, -0.2) is 4.79 Å². The largest absolute Gasteiger partial charge is 0.476 e. The van der Waals surface area contributed by atoms with E-state index < -0.39 is 5.97 Å². The Labute approximate surface area is 118 Å². The van der Waals surface area contributed by atoms with Crippen LogP contribution in [0.1, 0.15) is 37.7 Å². The summed E-state index contributed by atoms with van der Waals surface area (Å²) in [6.45, 7) is 8.50. The number of nitrogens with one attached hydrogen (secondary N) is 1. The first-order valence-corrected chi connectivity index (χ1v) is 6.93. The van der Waals surface area contributed by atoms with Gasteiger partial charge in [0.2, 0.25) is 0 Å². The van der Waals surface area contributed by atoms with Crippen molar-refractivity contribution in [1.82, 2.24) is 20.3 Å². The Morgan fingerprint density at radius 2 is 2.40 bits per heavy atom. The quantitative estimate of drug-likeness (QED) is 0.768. The summed E-state index contributed by atoms with van der Waals surface area (Å²) in [5.74, 6) is -1.05. The fourth-order valence-electron chi connectivity index (χ4n) is 2.57. The molecule has 0 radical (unpaired) electrons. The predicted octanol–water partition coefficient (Wildman–Crippen LogP) is 0.769. The third-order valence-corrected chi connectivity index (χ3v) is 4.03. The van der Waals surface area contributed by atoms with Crippen molar-refractivity contribution in [1.29, 1.82) is 0 Å². The van der Waals surface area contributed by atoms with E-state index >= 15 is 0 Å². The molecule has 0 amide bonds. The molecule has 7 nitrogen and oxygen atoms in total. The standard InChI is InChI=1S/C13H22N4O3/c1-4-20-11-7-10(13(11,2)3)14-5-6-17-8-9(12(18)19)15-16-17/h8,10-11,14H,4-7H2,1-3H3,(H,18,19). The number of rotatable bonds is 7. The smallest absolute Gasteiger partial charge is 0.358 e. The van der Waals surface area contributed by atoms with Gasteiger partial charge < -0.3 is 15.2 Å². The number of ether oxygens (including phenoxy) is 1. The SMILES string of the molecule is CCOC1CC(NCCn2cc(C(=O)O)nn2)C1(C)C. The van der Waals surface area contributed by atoms with Gasteiger partial charge in [-0.2, -0.15) is 0 Å². The first-order chi connectivity index (χ1) is 9.45. The van der Waals surface area contributed by atoms with E-state index in [9.17, 15) is 4.79 Å². The van der Waals surface area contributed by atoms with Crippen molar-refractivity contribution < 1.29 is 14.6 Å². The number of hydrogen-bond donors (Lipinski definition) is 2. The van der Waals surface area contributed by atoms with Crippen LogP contribution in [0.5, 0.6) is 0 Å². The van der Waals surface area contributed by atoms with Gasteiger partial charge in [-0.05, 0) is 13.3 Å². The number of carboxylic acid groups (broad SMARTS) is 1. The minimum Gasteiger partial charge on any atom is -0.476 e. The molecule has 0 spiro atoms. The van der Waals surface area contributed by atoms with Crippen LogP contribution in [0.2, 0.25) is 0 Å².